The van der Waals surface area contributed by atoms with Crippen molar-refractivity contribution in [2.24, 2.45) is 0 Å². The average Bonchev–Trinajstić information content (AvgIpc) is 2.31. The van der Waals surface area contributed by atoms with Crippen LogP contribution in [0.25, 0.3) is 0 Å². The van der Waals surface area contributed by atoms with Crippen molar-refractivity contribution >= 4 is 70.4 Å². The predicted octanol–water partition coefficient (Wildman–Crippen LogP) is 6.16. The summed E-state index contributed by atoms with van der Waals surface area (Å²) in [6, 6.07) is 0. The van der Waals surface area contributed by atoms with Crippen LogP contribution in [0.3, 0.4) is 0 Å². The van der Waals surface area contributed by atoms with Crippen LogP contribution in [0.1, 0.15) is 22.3 Å². The van der Waals surface area contributed by atoms with Crippen LogP contribution < -0.4 is 0 Å². The van der Waals surface area contributed by atoms with Crippen LogP contribution in [0.4, 0.5) is 0 Å². The summed E-state index contributed by atoms with van der Waals surface area (Å²) in [6.45, 7) is 28.9. The van der Waals surface area contributed by atoms with Gasteiger partial charge in [0, 0.05) is 51.0 Å². The number of rotatable bonds is 13. The van der Waals surface area contributed by atoms with Crippen molar-refractivity contribution in [3.05, 3.63) is 0 Å². The Hall–Kier alpha value is 2.72. The van der Waals surface area contributed by atoms with E-state index < -0.39 is 60.1 Å². The molecule has 0 bridgehead atoms. The minimum atomic E-state index is -1.61. The van der Waals surface area contributed by atoms with Crippen molar-refractivity contribution in [3.8, 4) is 0 Å². The fraction of sp³-hybridized carbons (Fsp3) is 1.00. The molecule has 0 aromatic heterocycles. The summed E-state index contributed by atoms with van der Waals surface area (Å²) in [5, 5.41) is 0. The van der Waals surface area contributed by atoms with Gasteiger partial charge in [-0.05, 0) is 82.5 Å². The van der Waals surface area contributed by atoms with E-state index in [0.717, 1.165) is 0 Å². The van der Waals surface area contributed by atoms with Gasteiger partial charge in [-0.15, -0.1) is 0 Å². The van der Waals surface area contributed by atoms with Gasteiger partial charge >= 0.3 is 0 Å². The standard InChI is InChI=1S/C16H49O3Si8.3CH4.Y/c1-21(14-25(7,8)13-20)18-27(11,12)16-23(3)19-26(9,10)15-22(2)17-24(4,5)6;;;;/h21-23H,13-16,20H2,1-12H3;3*1H4;. The van der Waals surface area contributed by atoms with Crippen LogP contribution >= 0.6 is 0 Å². The van der Waals surface area contributed by atoms with Crippen molar-refractivity contribution in [3.63, 3.8) is 0 Å². The molecular formula is C19H61O3Si8Y. The normalized spacial score (nSPS) is 15.4. The van der Waals surface area contributed by atoms with Crippen LogP contribution in [-0.2, 0) is 45.1 Å². The minimum absolute atomic E-state index is 0. The van der Waals surface area contributed by atoms with Crippen LogP contribution in [0, 0.1) is 0 Å². The zero-order valence-electron chi connectivity index (χ0n) is 21.1. The van der Waals surface area contributed by atoms with Crippen LogP contribution in [0.15, 0.2) is 0 Å². The smallest absolute Gasteiger partial charge is 0.172 e. The van der Waals surface area contributed by atoms with E-state index in [1.54, 1.807) is 0 Å². The van der Waals surface area contributed by atoms with E-state index in [1.807, 2.05) is 0 Å². The van der Waals surface area contributed by atoms with Gasteiger partial charge in [-0.2, -0.15) is 0 Å². The molecule has 12 heteroatoms. The van der Waals surface area contributed by atoms with Gasteiger partial charge < -0.3 is 12.3 Å². The van der Waals surface area contributed by atoms with Gasteiger partial charge in [0.05, 0.1) is 0 Å². The Labute approximate surface area is 236 Å². The monoisotopic (exact) mass is 650 g/mol. The van der Waals surface area contributed by atoms with Crippen molar-refractivity contribution in [2.45, 2.75) is 124 Å². The summed E-state index contributed by atoms with van der Waals surface area (Å²) in [6.07, 6.45) is 0. The van der Waals surface area contributed by atoms with Crippen LogP contribution in [0.2, 0.25) is 101 Å². The fourth-order valence-electron chi connectivity index (χ4n) is 4.18. The quantitative estimate of drug-likeness (QED) is 0.224. The zero-order valence-corrected chi connectivity index (χ0v) is 32.8. The van der Waals surface area contributed by atoms with Crippen molar-refractivity contribution in [1.29, 1.82) is 0 Å². The molecule has 3 unspecified atom stereocenters. The molecule has 31 heavy (non-hydrogen) atoms. The van der Waals surface area contributed by atoms with E-state index in [2.05, 4.69) is 88.8 Å². The van der Waals surface area contributed by atoms with Crippen molar-refractivity contribution < 1.29 is 45.1 Å². The zero-order chi connectivity index (χ0) is 21.7. The van der Waals surface area contributed by atoms with Gasteiger partial charge in [-0.3, -0.25) is 0 Å². The Bertz CT molecular complexity index is 448. The topological polar surface area (TPSA) is 27.7 Å². The largest absolute Gasteiger partial charge is 0.458 e. The van der Waals surface area contributed by atoms with E-state index in [-0.39, 0.29) is 55.0 Å². The molecule has 0 heterocycles. The SMILES string of the molecule is C.C.C.C[SiH](C[Si](C)(C)O[SiH](C)C[Si](C)(C)O[SiH](C)C[Si](C)(C)C[SiH2])O[Si](C)(C)C.[Y]. The van der Waals surface area contributed by atoms with E-state index >= 15 is 0 Å². The Morgan fingerprint density at radius 1 is 0.581 bits per heavy atom. The predicted molar refractivity (Wildman–Crippen MR) is 166 cm³/mol. The molecular weight excluding hydrogens is 590 g/mol. The van der Waals surface area contributed by atoms with Gasteiger partial charge in [0.1, 0.15) is 0 Å². The Balaban J connectivity index is -0.000000563. The number of hydrogen-bond donors (Lipinski definition) is 0. The van der Waals surface area contributed by atoms with Crippen LogP contribution in [-0.4, -0.2) is 70.4 Å². The van der Waals surface area contributed by atoms with E-state index in [1.165, 1.54) is 22.7 Å². The molecule has 0 saturated carbocycles. The molecule has 0 aliphatic rings. The molecule has 0 saturated heterocycles. The minimum Gasteiger partial charge on any atom is -0.458 e. The maximum Gasteiger partial charge on any atom is 0.172 e. The fourth-order valence-corrected chi connectivity index (χ4v) is 43.4. The molecule has 0 aromatic carbocycles. The van der Waals surface area contributed by atoms with Crippen molar-refractivity contribution in [1.82, 2.24) is 0 Å². The maximum atomic E-state index is 6.79. The molecule has 0 aliphatic carbocycles. The molecule has 3 nitrogen and oxygen atoms in total. The number of hydrogen-bond acceptors (Lipinski definition) is 3. The summed E-state index contributed by atoms with van der Waals surface area (Å²) in [4.78, 5) is 0. The Morgan fingerprint density at radius 3 is 1.16 bits per heavy atom. The second-order valence-corrected chi connectivity index (χ2v) is 41.6. The van der Waals surface area contributed by atoms with E-state index in [0.29, 0.717) is 0 Å². The third-order valence-corrected chi connectivity index (χ3v) is 42.0. The van der Waals surface area contributed by atoms with Gasteiger partial charge in [0.2, 0.25) is 0 Å². The summed E-state index contributed by atoms with van der Waals surface area (Å²) >= 11 is 0. The first kappa shape index (κ1) is 43.8. The van der Waals surface area contributed by atoms with E-state index in [4.69, 9.17) is 12.3 Å². The molecule has 0 rings (SSSR count). The van der Waals surface area contributed by atoms with Crippen LogP contribution in [0.5, 0.6) is 0 Å². The molecule has 190 valence electrons. The van der Waals surface area contributed by atoms with Gasteiger partial charge in [0.25, 0.3) is 0 Å². The summed E-state index contributed by atoms with van der Waals surface area (Å²) in [5.74, 6) is 0. The average molecular weight is 651 g/mol. The molecule has 0 aliphatic heterocycles. The van der Waals surface area contributed by atoms with E-state index in [9.17, 15) is 0 Å². The molecule has 0 fully saturated rings. The Kier molecular flexibility index (Phi) is 25.5. The molecule has 0 aromatic rings. The summed E-state index contributed by atoms with van der Waals surface area (Å²) < 4.78 is 20.0. The maximum absolute atomic E-state index is 6.79. The summed E-state index contributed by atoms with van der Waals surface area (Å²) in [7, 11) is -6.75. The van der Waals surface area contributed by atoms with Gasteiger partial charge in [-0.1, -0.05) is 41.0 Å². The third-order valence-electron chi connectivity index (χ3n) is 4.67. The Morgan fingerprint density at radius 2 is 0.871 bits per heavy atom. The third kappa shape index (κ3) is 24.2. The molecule has 0 amide bonds. The first-order chi connectivity index (χ1) is 11.9. The first-order valence-corrected chi connectivity index (χ1v) is 32.1. The summed E-state index contributed by atoms with van der Waals surface area (Å²) in [5.41, 5.74) is 5.35. The molecule has 2 radical (unpaired) electrons. The first-order valence-electron chi connectivity index (χ1n) is 10.7. The second kappa shape index (κ2) is 18.0. The molecule has 3 atom stereocenters. The molecule has 0 N–H and O–H groups in total. The van der Waals surface area contributed by atoms with Crippen molar-refractivity contribution in [2.75, 3.05) is 0 Å². The van der Waals surface area contributed by atoms with Gasteiger partial charge in [-0.25, -0.2) is 0 Å². The second-order valence-electron chi connectivity index (χ2n) is 11.4. The van der Waals surface area contributed by atoms with Gasteiger partial charge in [0.15, 0.2) is 52.1 Å². The molecule has 0 spiro atoms.